The van der Waals surface area contributed by atoms with Crippen molar-refractivity contribution >= 4 is 46.6 Å². The molecule has 0 fully saturated rings. The third kappa shape index (κ3) is 5.12. The Morgan fingerprint density at radius 1 is 1.28 bits per heavy atom. The summed E-state index contributed by atoms with van der Waals surface area (Å²) in [5.74, 6) is 1.26. The third-order valence-electron chi connectivity index (χ3n) is 3.91. The fourth-order valence-electron chi connectivity index (χ4n) is 2.63. The van der Waals surface area contributed by atoms with Gasteiger partial charge >= 0.3 is 0 Å². The molecule has 0 aliphatic heterocycles. The molecule has 3 aromatic rings. The molecule has 1 aromatic heterocycles. The first-order valence-corrected chi connectivity index (χ1v) is 10.3. The van der Waals surface area contributed by atoms with E-state index in [1.807, 2.05) is 28.8 Å². The highest BCUT2D eigenvalue weighted by molar-refractivity contribution is 7.99. The SMILES string of the molecule is C=CCn1c(SCC(=O)Nc2ccc(Cl)cc2Cl)nnc1-c1ccccc1OC. The molecule has 0 saturated heterocycles. The fourth-order valence-corrected chi connectivity index (χ4v) is 3.83. The average Bonchev–Trinajstić information content (AvgIpc) is 3.11. The van der Waals surface area contributed by atoms with Crippen molar-refractivity contribution in [1.82, 2.24) is 14.8 Å². The number of rotatable bonds is 8. The molecule has 6 nitrogen and oxygen atoms in total. The Labute approximate surface area is 182 Å². The summed E-state index contributed by atoms with van der Waals surface area (Å²) in [4.78, 5) is 12.3. The molecular formula is C20H18Cl2N4O2S. The van der Waals surface area contributed by atoms with Gasteiger partial charge in [0, 0.05) is 11.6 Å². The number of nitrogens with zero attached hydrogens (tertiary/aromatic N) is 3. The van der Waals surface area contributed by atoms with Crippen LogP contribution in [0.2, 0.25) is 10.0 Å². The molecule has 3 rings (SSSR count). The molecule has 0 unspecified atom stereocenters. The molecular weight excluding hydrogens is 431 g/mol. The van der Waals surface area contributed by atoms with Crippen LogP contribution >= 0.6 is 35.0 Å². The summed E-state index contributed by atoms with van der Waals surface area (Å²) in [5.41, 5.74) is 1.32. The van der Waals surface area contributed by atoms with Crippen LogP contribution in [0.3, 0.4) is 0 Å². The zero-order chi connectivity index (χ0) is 20.8. The number of methoxy groups -OCH3 is 1. The van der Waals surface area contributed by atoms with Crippen LogP contribution in [0.1, 0.15) is 0 Å². The molecule has 1 amide bonds. The van der Waals surface area contributed by atoms with E-state index in [2.05, 4.69) is 22.1 Å². The van der Waals surface area contributed by atoms with Gasteiger partial charge in [-0.15, -0.1) is 16.8 Å². The van der Waals surface area contributed by atoms with Crippen LogP contribution < -0.4 is 10.1 Å². The largest absolute Gasteiger partial charge is 0.496 e. The molecule has 0 saturated carbocycles. The number of aromatic nitrogens is 3. The zero-order valence-corrected chi connectivity index (χ0v) is 17.9. The average molecular weight is 449 g/mol. The van der Waals surface area contributed by atoms with Gasteiger partial charge in [-0.2, -0.15) is 0 Å². The number of allylic oxidation sites excluding steroid dienone is 1. The van der Waals surface area contributed by atoms with Crippen LogP contribution in [0.25, 0.3) is 11.4 Å². The van der Waals surface area contributed by atoms with Crippen LogP contribution in [-0.4, -0.2) is 33.5 Å². The Kier molecular flexibility index (Phi) is 7.19. The minimum Gasteiger partial charge on any atom is -0.496 e. The number of carbonyl (C=O) groups is 1. The van der Waals surface area contributed by atoms with Gasteiger partial charge in [0.2, 0.25) is 5.91 Å². The number of ether oxygens (including phenoxy) is 1. The van der Waals surface area contributed by atoms with E-state index in [1.165, 1.54) is 11.8 Å². The van der Waals surface area contributed by atoms with Crippen LogP contribution in [0.4, 0.5) is 5.69 Å². The number of hydrogen-bond acceptors (Lipinski definition) is 5. The van der Waals surface area contributed by atoms with Crippen molar-refractivity contribution in [2.24, 2.45) is 0 Å². The molecule has 150 valence electrons. The first kappa shape index (κ1) is 21.2. The lowest BCUT2D eigenvalue weighted by Gasteiger charge is -2.11. The number of carbonyl (C=O) groups excluding carboxylic acids is 1. The monoisotopic (exact) mass is 448 g/mol. The number of anilines is 1. The molecule has 0 bridgehead atoms. The predicted molar refractivity (Wildman–Crippen MR) is 118 cm³/mol. The van der Waals surface area contributed by atoms with Gasteiger partial charge in [-0.3, -0.25) is 9.36 Å². The maximum absolute atomic E-state index is 12.3. The van der Waals surface area contributed by atoms with Gasteiger partial charge in [0.15, 0.2) is 11.0 Å². The van der Waals surface area contributed by atoms with Crippen LogP contribution in [-0.2, 0) is 11.3 Å². The van der Waals surface area contributed by atoms with Crippen molar-refractivity contribution < 1.29 is 9.53 Å². The molecule has 1 heterocycles. The molecule has 0 atom stereocenters. The Hall–Kier alpha value is -2.48. The number of amides is 1. The Bertz CT molecular complexity index is 1040. The summed E-state index contributed by atoms with van der Waals surface area (Å²) in [6.45, 7) is 4.29. The van der Waals surface area contributed by atoms with E-state index in [-0.39, 0.29) is 11.7 Å². The van der Waals surface area contributed by atoms with E-state index in [4.69, 9.17) is 27.9 Å². The topological polar surface area (TPSA) is 69.0 Å². The fraction of sp³-hybridized carbons (Fsp3) is 0.150. The molecule has 0 spiro atoms. The van der Waals surface area contributed by atoms with E-state index in [0.717, 1.165) is 5.56 Å². The van der Waals surface area contributed by atoms with Gasteiger partial charge in [0.25, 0.3) is 0 Å². The van der Waals surface area contributed by atoms with Crippen molar-refractivity contribution in [2.75, 3.05) is 18.2 Å². The number of benzene rings is 2. The highest BCUT2D eigenvalue weighted by Crippen LogP contribution is 2.31. The molecule has 29 heavy (non-hydrogen) atoms. The van der Waals surface area contributed by atoms with E-state index >= 15 is 0 Å². The van der Waals surface area contributed by atoms with Crippen molar-refractivity contribution in [3.63, 3.8) is 0 Å². The summed E-state index contributed by atoms with van der Waals surface area (Å²) < 4.78 is 7.31. The number of hydrogen-bond donors (Lipinski definition) is 1. The second kappa shape index (κ2) is 9.82. The van der Waals surface area contributed by atoms with E-state index in [1.54, 1.807) is 31.4 Å². The van der Waals surface area contributed by atoms with Gasteiger partial charge in [-0.25, -0.2) is 0 Å². The number of nitrogens with one attached hydrogen (secondary N) is 1. The minimum absolute atomic E-state index is 0.139. The minimum atomic E-state index is -0.216. The van der Waals surface area contributed by atoms with Crippen molar-refractivity contribution in [1.29, 1.82) is 0 Å². The standard InChI is InChI=1S/C20H18Cl2N4O2S/c1-3-10-26-19(14-6-4-5-7-17(14)28-2)24-25-20(26)29-12-18(27)23-16-9-8-13(21)11-15(16)22/h3-9,11H,1,10,12H2,2H3,(H,23,27). The predicted octanol–water partition coefficient (Wildman–Crippen LogP) is 5.18. The van der Waals surface area contributed by atoms with E-state index in [9.17, 15) is 4.79 Å². The molecule has 2 aromatic carbocycles. The second-order valence-corrected chi connectivity index (χ2v) is 7.65. The molecule has 1 N–H and O–H groups in total. The first-order valence-electron chi connectivity index (χ1n) is 8.58. The normalized spacial score (nSPS) is 10.6. The maximum Gasteiger partial charge on any atom is 0.234 e. The maximum atomic E-state index is 12.3. The molecule has 0 radical (unpaired) electrons. The summed E-state index contributed by atoms with van der Waals surface area (Å²) >= 11 is 13.3. The number of thioether (sulfide) groups is 1. The van der Waals surface area contributed by atoms with Gasteiger partial charge in [0.05, 0.1) is 29.1 Å². The van der Waals surface area contributed by atoms with Gasteiger partial charge in [-0.05, 0) is 30.3 Å². The number of halogens is 2. The highest BCUT2D eigenvalue weighted by Gasteiger charge is 2.18. The summed E-state index contributed by atoms with van der Waals surface area (Å²) in [7, 11) is 1.61. The summed E-state index contributed by atoms with van der Waals surface area (Å²) in [6.07, 6.45) is 1.75. The van der Waals surface area contributed by atoms with Gasteiger partial charge < -0.3 is 10.1 Å². The zero-order valence-electron chi connectivity index (χ0n) is 15.6. The van der Waals surface area contributed by atoms with Gasteiger partial charge in [0.1, 0.15) is 5.75 Å². The van der Waals surface area contributed by atoms with Gasteiger partial charge in [-0.1, -0.05) is 53.2 Å². The van der Waals surface area contributed by atoms with Crippen molar-refractivity contribution in [2.45, 2.75) is 11.7 Å². The molecule has 9 heteroatoms. The summed E-state index contributed by atoms with van der Waals surface area (Å²) in [6, 6.07) is 12.5. The van der Waals surface area contributed by atoms with E-state index in [0.29, 0.717) is 39.0 Å². The summed E-state index contributed by atoms with van der Waals surface area (Å²) in [5, 5.41) is 12.8. The Morgan fingerprint density at radius 3 is 2.79 bits per heavy atom. The van der Waals surface area contributed by atoms with Crippen LogP contribution in [0.5, 0.6) is 5.75 Å². The van der Waals surface area contributed by atoms with Crippen molar-refractivity contribution in [3.05, 3.63) is 65.2 Å². The lowest BCUT2D eigenvalue weighted by atomic mass is 10.2. The Morgan fingerprint density at radius 2 is 2.07 bits per heavy atom. The first-order chi connectivity index (χ1) is 14.0. The van der Waals surface area contributed by atoms with Crippen LogP contribution in [0.15, 0.2) is 60.3 Å². The molecule has 0 aliphatic carbocycles. The molecule has 0 aliphatic rings. The lowest BCUT2D eigenvalue weighted by molar-refractivity contribution is -0.113. The smallest absolute Gasteiger partial charge is 0.234 e. The lowest BCUT2D eigenvalue weighted by Crippen LogP contribution is -2.15. The quantitative estimate of drug-likeness (QED) is 0.379. The second-order valence-electron chi connectivity index (χ2n) is 5.87. The van der Waals surface area contributed by atoms with Crippen molar-refractivity contribution in [3.8, 4) is 17.1 Å². The number of para-hydroxylation sites is 1. The Balaban J connectivity index is 1.76. The van der Waals surface area contributed by atoms with E-state index < -0.39 is 0 Å². The third-order valence-corrected chi connectivity index (χ3v) is 5.43. The van der Waals surface area contributed by atoms with Crippen LogP contribution in [0, 0.1) is 0 Å². The highest BCUT2D eigenvalue weighted by atomic mass is 35.5.